The number of hydrogen-bond donors (Lipinski definition) is 0. The molecule has 0 aromatic carbocycles. The van der Waals surface area contributed by atoms with Crippen molar-refractivity contribution in [2.24, 2.45) is 0 Å². The predicted octanol–water partition coefficient (Wildman–Crippen LogP) is 9.23. The van der Waals surface area contributed by atoms with Crippen molar-refractivity contribution >= 4 is 27.9 Å². The van der Waals surface area contributed by atoms with Gasteiger partial charge in [0.15, 0.2) is 13.2 Å². The highest BCUT2D eigenvalue weighted by atomic mass is 79.9. The van der Waals surface area contributed by atoms with Gasteiger partial charge in [0.25, 0.3) is 0 Å². The number of nitrogens with zero attached hydrogens (tertiary/aromatic N) is 1. The first kappa shape index (κ1) is 36.6. The van der Waals surface area contributed by atoms with Crippen LogP contribution in [0.1, 0.15) is 149 Å². The Hall–Kier alpha value is -1.44. The Kier molecular flexibility index (Phi) is 24.8. The van der Waals surface area contributed by atoms with Gasteiger partial charge in [0.05, 0.1) is 0 Å². The topological polar surface area (TPSA) is 95.7 Å². The van der Waals surface area contributed by atoms with Crippen molar-refractivity contribution < 1.29 is 24.0 Å². The fourth-order valence-corrected chi connectivity index (χ4v) is 4.29. The second kappa shape index (κ2) is 25.8. The van der Waals surface area contributed by atoms with Crippen molar-refractivity contribution in [2.75, 3.05) is 13.2 Å². The van der Waals surface area contributed by atoms with Gasteiger partial charge in [-0.05, 0) is 38.5 Å². The van der Waals surface area contributed by atoms with Crippen LogP contribution in [0.4, 0.5) is 0 Å². The highest BCUT2D eigenvalue weighted by Crippen LogP contribution is 2.21. The Morgan fingerprint density at radius 2 is 1.00 bits per heavy atom. The monoisotopic (exact) mass is 603 g/mol. The van der Waals surface area contributed by atoms with Crippen molar-refractivity contribution in [1.29, 1.82) is 0 Å². The van der Waals surface area contributed by atoms with E-state index >= 15 is 0 Å². The number of carbonyl (C=O) groups excluding carboxylic acids is 2. The molecular weight excluding hydrogens is 550 g/mol. The summed E-state index contributed by atoms with van der Waals surface area (Å²) in [6.07, 6.45) is 26.6. The van der Waals surface area contributed by atoms with Crippen LogP contribution in [-0.2, 0) is 19.1 Å². The number of allylic oxidation sites excluding steroid dienone is 2. The number of unbranched alkanes of at least 4 members (excludes halogenated alkanes) is 16. The van der Waals surface area contributed by atoms with Gasteiger partial charge < -0.3 is 9.47 Å². The van der Waals surface area contributed by atoms with Crippen molar-refractivity contribution in [3.8, 4) is 0 Å². The number of alkyl halides is 1. The van der Waals surface area contributed by atoms with E-state index in [0.29, 0.717) is 12.8 Å². The summed E-state index contributed by atoms with van der Waals surface area (Å²) < 4.78 is 8.41. The third-order valence-corrected chi connectivity index (χ3v) is 7.36. The summed E-state index contributed by atoms with van der Waals surface area (Å²) >= 11 is 3.01. The van der Waals surface area contributed by atoms with Gasteiger partial charge in [-0.3, -0.25) is 19.7 Å². The summed E-state index contributed by atoms with van der Waals surface area (Å²) in [5, 5.41) is 11.5. The molecule has 0 bridgehead atoms. The Balaban J connectivity index is 3.84. The van der Waals surface area contributed by atoms with Crippen molar-refractivity contribution in [3.05, 3.63) is 22.3 Å². The molecule has 1 unspecified atom stereocenters. The van der Waals surface area contributed by atoms with Crippen LogP contribution in [0.2, 0.25) is 0 Å². The first-order chi connectivity index (χ1) is 18.4. The van der Waals surface area contributed by atoms with E-state index in [1.165, 1.54) is 64.2 Å². The lowest BCUT2D eigenvalue weighted by atomic mass is 10.1. The SMILES string of the molecule is CCCCCCCC=CCCCCCCCCC(=O)OCC(Br)(COC(=O)CCCCCCCC)[N+](=O)[O-]. The fraction of sp³-hybridized carbons (Fsp3) is 0.867. The summed E-state index contributed by atoms with van der Waals surface area (Å²) in [4.78, 5) is 34.9. The van der Waals surface area contributed by atoms with Crippen LogP contribution >= 0.6 is 15.9 Å². The maximum Gasteiger partial charge on any atom is 0.341 e. The van der Waals surface area contributed by atoms with Crippen molar-refractivity contribution in [2.45, 2.75) is 153 Å². The molecule has 0 aromatic heterocycles. The van der Waals surface area contributed by atoms with E-state index in [4.69, 9.17) is 9.47 Å². The van der Waals surface area contributed by atoms with Gasteiger partial charge in [0, 0.05) is 33.7 Å². The summed E-state index contributed by atoms with van der Waals surface area (Å²) in [5.74, 6) is -0.930. The van der Waals surface area contributed by atoms with E-state index in [2.05, 4.69) is 41.9 Å². The van der Waals surface area contributed by atoms with Crippen LogP contribution in [0.5, 0.6) is 0 Å². The summed E-state index contributed by atoms with van der Waals surface area (Å²) in [7, 11) is 0. The Bertz CT molecular complexity index is 642. The Labute approximate surface area is 240 Å². The number of hydrogen-bond acceptors (Lipinski definition) is 6. The molecule has 0 aromatic rings. The van der Waals surface area contributed by atoms with Crippen LogP contribution in [0.25, 0.3) is 0 Å². The lowest BCUT2D eigenvalue weighted by molar-refractivity contribution is -0.541. The third kappa shape index (κ3) is 22.5. The predicted molar refractivity (Wildman–Crippen MR) is 158 cm³/mol. The van der Waals surface area contributed by atoms with Gasteiger partial charge in [-0.2, -0.15) is 0 Å². The molecule has 7 nitrogen and oxygen atoms in total. The van der Waals surface area contributed by atoms with E-state index in [9.17, 15) is 19.7 Å². The zero-order chi connectivity index (χ0) is 28.3. The number of ether oxygens (including phenoxy) is 2. The van der Waals surface area contributed by atoms with Crippen LogP contribution in [0.15, 0.2) is 12.2 Å². The quantitative estimate of drug-likeness (QED) is 0.0176. The van der Waals surface area contributed by atoms with E-state index in [0.717, 1.165) is 44.9 Å². The molecule has 0 saturated heterocycles. The fourth-order valence-electron chi connectivity index (χ4n) is 4.06. The second-order valence-corrected chi connectivity index (χ2v) is 11.8. The van der Waals surface area contributed by atoms with E-state index in [1.807, 2.05) is 0 Å². The lowest BCUT2D eigenvalue weighted by Gasteiger charge is -2.18. The number of nitro groups is 1. The molecule has 0 radical (unpaired) electrons. The molecular formula is C30H54BrNO6. The average Bonchev–Trinajstić information content (AvgIpc) is 2.90. The largest absolute Gasteiger partial charge is 0.457 e. The van der Waals surface area contributed by atoms with E-state index in [1.54, 1.807) is 0 Å². The van der Waals surface area contributed by atoms with Crippen LogP contribution < -0.4 is 0 Å². The molecule has 0 aliphatic rings. The molecule has 0 aliphatic heterocycles. The smallest absolute Gasteiger partial charge is 0.341 e. The van der Waals surface area contributed by atoms with Gasteiger partial charge in [-0.1, -0.05) is 109 Å². The van der Waals surface area contributed by atoms with Crippen molar-refractivity contribution in [3.63, 3.8) is 0 Å². The number of carbonyl (C=O) groups is 2. The summed E-state index contributed by atoms with van der Waals surface area (Å²) in [6.45, 7) is 3.44. The molecule has 0 rings (SSSR count). The van der Waals surface area contributed by atoms with E-state index < -0.39 is 34.5 Å². The van der Waals surface area contributed by atoms with Crippen LogP contribution in [-0.4, -0.2) is 34.5 Å². The number of rotatable bonds is 27. The zero-order valence-electron chi connectivity index (χ0n) is 24.2. The minimum atomic E-state index is -1.82. The maximum atomic E-state index is 12.1. The first-order valence-corrected chi connectivity index (χ1v) is 15.9. The second-order valence-electron chi connectivity index (χ2n) is 10.3. The van der Waals surface area contributed by atoms with Crippen LogP contribution in [0, 0.1) is 10.1 Å². The molecule has 0 saturated carbocycles. The summed E-state index contributed by atoms with van der Waals surface area (Å²) in [5.41, 5.74) is 0. The highest BCUT2D eigenvalue weighted by Gasteiger charge is 2.43. The molecule has 38 heavy (non-hydrogen) atoms. The minimum absolute atomic E-state index is 0.236. The average molecular weight is 605 g/mol. The standard InChI is InChI=1S/C30H54BrNO6/c1-3-5-7-9-11-12-13-14-15-16-17-18-19-21-23-25-29(34)38-27-30(31,32(35)36)26-37-28(33)24-22-20-10-8-6-4-2/h13-14H,3-12,15-27H2,1-2H3. The first-order valence-electron chi connectivity index (χ1n) is 15.1. The number of esters is 2. The van der Waals surface area contributed by atoms with E-state index in [-0.39, 0.29) is 12.8 Å². The molecule has 0 aliphatic carbocycles. The van der Waals surface area contributed by atoms with Gasteiger partial charge in [0.2, 0.25) is 0 Å². The Morgan fingerprint density at radius 3 is 1.37 bits per heavy atom. The molecule has 1 atom stereocenters. The number of halogens is 1. The molecule has 0 heterocycles. The Morgan fingerprint density at radius 1 is 0.658 bits per heavy atom. The van der Waals surface area contributed by atoms with Crippen LogP contribution in [0.3, 0.4) is 0 Å². The summed E-state index contributed by atoms with van der Waals surface area (Å²) in [6, 6.07) is 0. The molecule has 222 valence electrons. The molecule has 0 spiro atoms. The minimum Gasteiger partial charge on any atom is -0.457 e. The third-order valence-electron chi connectivity index (χ3n) is 6.61. The molecule has 8 heteroatoms. The lowest BCUT2D eigenvalue weighted by Crippen LogP contribution is -2.42. The maximum absolute atomic E-state index is 12.1. The zero-order valence-corrected chi connectivity index (χ0v) is 25.8. The van der Waals surface area contributed by atoms with Gasteiger partial charge >= 0.3 is 16.4 Å². The molecule has 0 N–H and O–H groups in total. The van der Waals surface area contributed by atoms with Gasteiger partial charge in [0.1, 0.15) is 0 Å². The molecule has 0 fully saturated rings. The van der Waals surface area contributed by atoms with Gasteiger partial charge in [-0.15, -0.1) is 0 Å². The normalized spacial score (nSPS) is 12.9. The highest BCUT2D eigenvalue weighted by molar-refractivity contribution is 9.10. The molecule has 0 amide bonds. The van der Waals surface area contributed by atoms with Crippen molar-refractivity contribution in [1.82, 2.24) is 0 Å². The van der Waals surface area contributed by atoms with Gasteiger partial charge in [-0.25, -0.2) is 0 Å².